The third-order valence-corrected chi connectivity index (χ3v) is 5.61. The summed E-state index contributed by atoms with van der Waals surface area (Å²) < 4.78 is 22.3. The van der Waals surface area contributed by atoms with Crippen molar-refractivity contribution in [2.75, 3.05) is 19.3 Å². The van der Waals surface area contributed by atoms with Crippen LogP contribution in [0.5, 0.6) is 0 Å². The smallest absolute Gasteiger partial charge is 0.243 e. The zero-order chi connectivity index (χ0) is 16.1. The summed E-state index contributed by atoms with van der Waals surface area (Å²) in [4.78, 5) is 14.2. The number of nitrogens with zero attached hydrogens (tertiary/aromatic N) is 1. The quantitative estimate of drug-likeness (QED) is 0.820. The van der Waals surface area contributed by atoms with Crippen LogP contribution in [0.25, 0.3) is 0 Å². The molecule has 0 aliphatic rings. The minimum Gasteiger partial charge on any atom is -0.337 e. The van der Waals surface area contributed by atoms with Crippen LogP contribution < -0.4 is 5.73 Å². The van der Waals surface area contributed by atoms with Gasteiger partial charge in [0.15, 0.2) is 9.84 Å². The SMILES string of the molecule is CC(C)(C(=O)N(CCCN)Cc1ccccc1)S(C)(=O)=O. The molecule has 1 amide bonds. The third-order valence-electron chi connectivity index (χ3n) is 3.58. The fourth-order valence-electron chi connectivity index (χ4n) is 1.88. The summed E-state index contributed by atoms with van der Waals surface area (Å²) in [6.45, 7) is 4.19. The minimum atomic E-state index is -3.49. The fourth-order valence-corrected chi connectivity index (χ4v) is 2.32. The molecule has 2 N–H and O–H groups in total. The first-order valence-electron chi connectivity index (χ1n) is 6.93. The number of rotatable bonds is 7. The van der Waals surface area contributed by atoms with Crippen LogP contribution in [0.3, 0.4) is 0 Å². The number of sulfone groups is 1. The Morgan fingerprint density at radius 1 is 1.24 bits per heavy atom. The maximum atomic E-state index is 12.6. The van der Waals surface area contributed by atoms with E-state index in [0.717, 1.165) is 11.8 Å². The van der Waals surface area contributed by atoms with E-state index in [2.05, 4.69) is 0 Å². The second-order valence-corrected chi connectivity index (χ2v) is 8.20. The molecule has 0 aromatic heterocycles. The minimum absolute atomic E-state index is 0.387. The monoisotopic (exact) mass is 312 g/mol. The molecule has 1 aromatic rings. The van der Waals surface area contributed by atoms with Crippen molar-refractivity contribution in [2.45, 2.75) is 31.6 Å². The Morgan fingerprint density at radius 2 is 1.81 bits per heavy atom. The largest absolute Gasteiger partial charge is 0.337 e. The van der Waals surface area contributed by atoms with E-state index in [0.29, 0.717) is 26.1 Å². The number of hydrogen-bond donors (Lipinski definition) is 1. The predicted octanol–water partition coefficient (Wildman–Crippen LogP) is 1.19. The summed E-state index contributed by atoms with van der Waals surface area (Å²) in [5, 5.41) is 0. The topological polar surface area (TPSA) is 80.5 Å². The highest BCUT2D eigenvalue weighted by Gasteiger charge is 2.41. The highest BCUT2D eigenvalue weighted by Crippen LogP contribution is 2.20. The first kappa shape index (κ1) is 17.7. The van der Waals surface area contributed by atoms with E-state index in [1.165, 1.54) is 13.8 Å². The van der Waals surface area contributed by atoms with Gasteiger partial charge in [0.05, 0.1) is 0 Å². The Balaban J connectivity index is 2.99. The molecule has 0 bridgehead atoms. The summed E-state index contributed by atoms with van der Waals surface area (Å²) in [5.74, 6) is -0.387. The molecule has 0 spiro atoms. The third kappa shape index (κ3) is 4.54. The van der Waals surface area contributed by atoms with Gasteiger partial charge in [-0.25, -0.2) is 8.42 Å². The summed E-state index contributed by atoms with van der Waals surface area (Å²) in [6, 6.07) is 9.51. The lowest BCUT2D eigenvalue weighted by Crippen LogP contribution is -2.49. The molecule has 0 radical (unpaired) electrons. The molecular formula is C15H24N2O3S. The highest BCUT2D eigenvalue weighted by molar-refractivity contribution is 7.92. The Labute approximate surface area is 127 Å². The molecule has 0 saturated heterocycles. The molecule has 1 aromatic carbocycles. The van der Waals surface area contributed by atoms with Crippen molar-refractivity contribution >= 4 is 15.7 Å². The van der Waals surface area contributed by atoms with E-state index in [9.17, 15) is 13.2 Å². The van der Waals surface area contributed by atoms with Crippen LogP contribution >= 0.6 is 0 Å². The summed E-state index contributed by atoms with van der Waals surface area (Å²) in [7, 11) is -3.49. The van der Waals surface area contributed by atoms with Crippen LogP contribution in [0.4, 0.5) is 0 Å². The second kappa shape index (κ2) is 7.04. The van der Waals surface area contributed by atoms with Gasteiger partial charge in [0.25, 0.3) is 0 Å². The molecule has 6 heteroatoms. The van der Waals surface area contributed by atoms with Crippen molar-refractivity contribution in [2.24, 2.45) is 5.73 Å². The lowest BCUT2D eigenvalue weighted by molar-refractivity contribution is -0.133. The number of nitrogens with two attached hydrogens (primary N) is 1. The van der Waals surface area contributed by atoms with Gasteiger partial charge in [-0.2, -0.15) is 0 Å². The molecule has 1 rings (SSSR count). The Bertz CT molecular complexity index is 568. The Kier molecular flexibility index (Phi) is 5.92. The van der Waals surface area contributed by atoms with Crippen molar-refractivity contribution in [1.82, 2.24) is 4.90 Å². The Morgan fingerprint density at radius 3 is 2.29 bits per heavy atom. The van der Waals surface area contributed by atoms with E-state index in [-0.39, 0.29) is 5.91 Å². The molecule has 5 nitrogen and oxygen atoms in total. The Hall–Kier alpha value is -1.40. The molecule has 0 heterocycles. The van der Waals surface area contributed by atoms with E-state index in [4.69, 9.17) is 5.73 Å². The molecule has 0 fully saturated rings. The van der Waals surface area contributed by atoms with Gasteiger partial charge in [0.1, 0.15) is 4.75 Å². The first-order valence-corrected chi connectivity index (χ1v) is 8.82. The van der Waals surface area contributed by atoms with Crippen LogP contribution in [0.1, 0.15) is 25.8 Å². The molecule has 0 aliphatic carbocycles. The zero-order valence-electron chi connectivity index (χ0n) is 12.9. The van der Waals surface area contributed by atoms with Crippen LogP contribution in [0.15, 0.2) is 30.3 Å². The van der Waals surface area contributed by atoms with Crippen LogP contribution in [0.2, 0.25) is 0 Å². The van der Waals surface area contributed by atoms with E-state index in [1.807, 2.05) is 30.3 Å². The van der Waals surface area contributed by atoms with Crippen molar-refractivity contribution in [1.29, 1.82) is 0 Å². The average Bonchev–Trinajstić information content (AvgIpc) is 2.42. The van der Waals surface area contributed by atoms with Crippen molar-refractivity contribution in [3.8, 4) is 0 Å². The average molecular weight is 312 g/mol. The van der Waals surface area contributed by atoms with Crippen molar-refractivity contribution in [3.05, 3.63) is 35.9 Å². The number of hydrogen-bond acceptors (Lipinski definition) is 4. The summed E-state index contributed by atoms with van der Waals surface area (Å²) >= 11 is 0. The van der Waals surface area contributed by atoms with E-state index in [1.54, 1.807) is 4.90 Å². The number of amides is 1. The zero-order valence-corrected chi connectivity index (χ0v) is 13.7. The summed E-state index contributed by atoms with van der Waals surface area (Å²) in [5.41, 5.74) is 6.47. The van der Waals surface area contributed by atoms with Gasteiger partial charge in [-0.05, 0) is 32.4 Å². The van der Waals surface area contributed by atoms with Gasteiger partial charge in [0.2, 0.25) is 5.91 Å². The lowest BCUT2D eigenvalue weighted by Gasteiger charge is -2.31. The lowest BCUT2D eigenvalue weighted by atomic mass is 10.1. The molecule has 0 aliphatic heterocycles. The molecular weight excluding hydrogens is 288 g/mol. The standard InChI is InChI=1S/C15H24N2O3S/c1-15(2,21(3,19)20)14(18)17(11-7-10-16)12-13-8-5-4-6-9-13/h4-6,8-9H,7,10-12,16H2,1-3H3. The van der Waals surface area contributed by atoms with Gasteiger partial charge < -0.3 is 10.6 Å². The molecule has 21 heavy (non-hydrogen) atoms. The number of benzene rings is 1. The van der Waals surface area contributed by atoms with Crippen LogP contribution in [0, 0.1) is 0 Å². The van der Waals surface area contributed by atoms with Gasteiger partial charge in [-0.1, -0.05) is 30.3 Å². The number of carbonyl (C=O) groups excluding carboxylic acids is 1. The highest BCUT2D eigenvalue weighted by atomic mass is 32.2. The van der Waals surface area contributed by atoms with Crippen LogP contribution in [-0.4, -0.2) is 43.3 Å². The molecule has 0 atom stereocenters. The first-order chi connectivity index (χ1) is 9.70. The van der Waals surface area contributed by atoms with E-state index < -0.39 is 14.6 Å². The number of carbonyl (C=O) groups is 1. The molecule has 0 saturated carbocycles. The van der Waals surface area contributed by atoms with Crippen molar-refractivity contribution < 1.29 is 13.2 Å². The van der Waals surface area contributed by atoms with Crippen molar-refractivity contribution in [3.63, 3.8) is 0 Å². The predicted molar refractivity (Wildman–Crippen MR) is 84.5 cm³/mol. The van der Waals surface area contributed by atoms with Gasteiger partial charge in [-0.15, -0.1) is 0 Å². The molecule has 0 unspecified atom stereocenters. The fraction of sp³-hybridized carbons (Fsp3) is 0.533. The maximum absolute atomic E-state index is 12.6. The van der Waals surface area contributed by atoms with Gasteiger partial charge in [-0.3, -0.25) is 4.79 Å². The maximum Gasteiger partial charge on any atom is 0.243 e. The molecule has 118 valence electrons. The van der Waals surface area contributed by atoms with Crippen LogP contribution in [-0.2, 0) is 21.2 Å². The summed E-state index contributed by atoms with van der Waals surface area (Å²) in [6.07, 6.45) is 1.73. The van der Waals surface area contributed by atoms with Gasteiger partial charge >= 0.3 is 0 Å². The second-order valence-electron chi connectivity index (χ2n) is 5.64. The normalized spacial score (nSPS) is 12.2. The van der Waals surface area contributed by atoms with E-state index >= 15 is 0 Å². The van der Waals surface area contributed by atoms with Gasteiger partial charge in [0, 0.05) is 19.3 Å².